The number of nitrogens with zero attached hydrogens (tertiary/aromatic N) is 1. The zero-order chi connectivity index (χ0) is 17.9. The zero-order valence-corrected chi connectivity index (χ0v) is 13.5. The minimum Gasteiger partial charge on any atom is -0.455 e. The number of benzene rings is 1. The van der Waals surface area contributed by atoms with Crippen LogP contribution in [0.25, 0.3) is 6.08 Å². The van der Waals surface area contributed by atoms with Crippen LogP contribution in [0.2, 0.25) is 0 Å². The van der Waals surface area contributed by atoms with Crippen molar-refractivity contribution in [1.82, 2.24) is 0 Å². The van der Waals surface area contributed by atoms with Crippen LogP contribution in [0.3, 0.4) is 0 Å². The lowest BCUT2D eigenvalue weighted by atomic mass is 9.91. The summed E-state index contributed by atoms with van der Waals surface area (Å²) < 4.78 is 15.1. The summed E-state index contributed by atoms with van der Waals surface area (Å²) in [5.74, 6) is -0.355. The van der Waals surface area contributed by atoms with Gasteiger partial charge in [-0.05, 0) is 12.1 Å². The number of ketones is 1. The predicted octanol–water partition coefficient (Wildman–Crippen LogP) is 2.50. The van der Waals surface area contributed by atoms with Gasteiger partial charge in [0, 0.05) is 11.5 Å². The van der Waals surface area contributed by atoms with Crippen molar-refractivity contribution >= 4 is 23.5 Å². The smallest absolute Gasteiger partial charge is 0.331 e. The Morgan fingerprint density at radius 2 is 1.92 bits per heavy atom. The number of Topliss-reactive ketones (excluding diaryl/α,β-unsaturated/α-hetero) is 1. The van der Waals surface area contributed by atoms with Crippen molar-refractivity contribution in [2.45, 2.75) is 20.8 Å². The fourth-order valence-electron chi connectivity index (χ4n) is 1.80. The molecule has 0 amide bonds. The first-order valence-corrected chi connectivity index (χ1v) is 7.14. The monoisotopic (exact) mass is 335 g/mol. The molecule has 0 unspecified atom stereocenters. The molecular formula is C16H17NO7. The molecule has 24 heavy (non-hydrogen) atoms. The summed E-state index contributed by atoms with van der Waals surface area (Å²) in [5, 5.41) is 11.1. The molecule has 0 N–H and O–H groups in total. The van der Waals surface area contributed by atoms with Crippen molar-refractivity contribution in [3.63, 3.8) is 0 Å². The molecular weight excluding hydrogens is 318 g/mol. The lowest BCUT2D eigenvalue weighted by Gasteiger charge is -2.15. The third-order valence-electron chi connectivity index (χ3n) is 3.30. The summed E-state index contributed by atoms with van der Waals surface area (Å²) >= 11 is 0. The number of esters is 1. The van der Waals surface area contributed by atoms with Gasteiger partial charge in [-0.1, -0.05) is 20.8 Å². The van der Waals surface area contributed by atoms with Crippen molar-refractivity contribution < 1.29 is 28.7 Å². The van der Waals surface area contributed by atoms with E-state index in [1.165, 1.54) is 18.2 Å². The molecule has 1 aliphatic rings. The molecule has 0 bridgehead atoms. The van der Waals surface area contributed by atoms with Gasteiger partial charge in [0.05, 0.1) is 16.6 Å². The molecule has 0 aliphatic carbocycles. The van der Waals surface area contributed by atoms with Gasteiger partial charge in [-0.2, -0.15) is 0 Å². The lowest BCUT2D eigenvalue weighted by Crippen LogP contribution is -2.25. The summed E-state index contributed by atoms with van der Waals surface area (Å²) in [5.41, 5.74) is -0.669. The quantitative estimate of drug-likeness (QED) is 0.352. The molecule has 0 radical (unpaired) electrons. The number of rotatable bonds is 5. The predicted molar refractivity (Wildman–Crippen MR) is 83.7 cm³/mol. The Kier molecular flexibility index (Phi) is 4.87. The fourth-order valence-corrected chi connectivity index (χ4v) is 1.80. The van der Waals surface area contributed by atoms with Crippen LogP contribution in [0.5, 0.6) is 11.5 Å². The highest BCUT2D eigenvalue weighted by atomic mass is 16.7. The molecule has 1 aromatic rings. The van der Waals surface area contributed by atoms with E-state index < -0.39 is 16.3 Å². The van der Waals surface area contributed by atoms with Gasteiger partial charge in [-0.3, -0.25) is 14.9 Å². The van der Waals surface area contributed by atoms with Gasteiger partial charge >= 0.3 is 5.97 Å². The first-order valence-electron chi connectivity index (χ1n) is 7.14. The Hall–Kier alpha value is -2.90. The molecule has 1 aromatic carbocycles. The van der Waals surface area contributed by atoms with E-state index in [0.717, 1.165) is 6.08 Å². The standard InChI is InChI=1S/C16H17NO7/c1-16(2,3)14(18)8-22-15(19)5-4-10-6-12-13(24-9-23-12)7-11(10)17(20)21/h4-7H,8-9H2,1-3H3/b5-4+. The number of fused-ring (bicyclic) bond motifs is 1. The Bertz CT molecular complexity index is 716. The number of nitro groups is 1. The van der Waals surface area contributed by atoms with E-state index in [4.69, 9.17) is 14.2 Å². The first-order chi connectivity index (χ1) is 11.2. The van der Waals surface area contributed by atoms with Crippen molar-refractivity contribution in [3.05, 3.63) is 33.9 Å². The first kappa shape index (κ1) is 17.5. The molecule has 0 spiro atoms. The van der Waals surface area contributed by atoms with Crippen LogP contribution in [0.1, 0.15) is 26.3 Å². The SMILES string of the molecule is CC(C)(C)C(=O)COC(=O)/C=C/c1cc2c(cc1[N+](=O)[O-])OCO2. The molecule has 2 rings (SSSR count). The van der Waals surface area contributed by atoms with Crippen molar-refractivity contribution in [1.29, 1.82) is 0 Å². The molecule has 0 saturated carbocycles. The molecule has 0 fully saturated rings. The van der Waals surface area contributed by atoms with Crippen LogP contribution in [-0.4, -0.2) is 30.1 Å². The van der Waals surface area contributed by atoms with Crippen molar-refractivity contribution in [2.24, 2.45) is 5.41 Å². The number of carbonyl (C=O) groups excluding carboxylic acids is 2. The van der Waals surface area contributed by atoms with Crippen molar-refractivity contribution in [2.75, 3.05) is 13.4 Å². The van der Waals surface area contributed by atoms with Gasteiger partial charge < -0.3 is 14.2 Å². The van der Waals surface area contributed by atoms with E-state index in [1.807, 2.05) is 0 Å². The highest BCUT2D eigenvalue weighted by Gasteiger charge is 2.23. The average Bonchev–Trinajstić information content (AvgIpc) is 2.95. The van der Waals surface area contributed by atoms with E-state index in [-0.39, 0.29) is 36.2 Å². The molecule has 1 heterocycles. The number of ether oxygens (including phenoxy) is 3. The summed E-state index contributed by atoms with van der Waals surface area (Å²) in [6.45, 7) is 4.78. The highest BCUT2D eigenvalue weighted by Crippen LogP contribution is 2.38. The topological polar surface area (TPSA) is 105 Å². The Morgan fingerprint density at radius 3 is 2.50 bits per heavy atom. The molecule has 0 atom stereocenters. The van der Waals surface area contributed by atoms with Crippen LogP contribution in [0.15, 0.2) is 18.2 Å². The zero-order valence-electron chi connectivity index (χ0n) is 13.5. The van der Waals surface area contributed by atoms with E-state index in [0.29, 0.717) is 5.75 Å². The number of nitro benzene ring substituents is 1. The minimum atomic E-state index is -0.764. The van der Waals surface area contributed by atoms with Crippen LogP contribution in [-0.2, 0) is 14.3 Å². The average molecular weight is 335 g/mol. The van der Waals surface area contributed by atoms with Gasteiger partial charge in [0.25, 0.3) is 5.69 Å². The summed E-state index contributed by atoms with van der Waals surface area (Å²) in [7, 11) is 0. The van der Waals surface area contributed by atoms with E-state index >= 15 is 0 Å². The number of hydrogen-bond donors (Lipinski definition) is 0. The largest absolute Gasteiger partial charge is 0.455 e. The second-order valence-electron chi connectivity index (χ2n) is 6.14. The number of hydrogen-bond acceptors (Lipinski definition) is 7. The van der Waals surface area contributed by atoms with E-state index in [1.54, 1.807) is 20.8 Å². The third kappa shape index (κ3) is 4.09. The van der Waals surface area contributed by atoms with Gasteiger partial charge in [-0.25, -0.2) is 4.79 Å². The normalized spacial score (nSPS) is 13.1. The highest BCUT2D eigenvalue weighted by molar-refractivity contribution is 5.91. The molecule has 128 valence electrons. The molecule has 8 nitrogen and oxygen atoms in total. The van der Waals surface area contributed by atoms with Gasteiger partial charge in [0.1, 0.15) is 0 Å². The second kappa shape index (κ2) is 6.69. The van der Waals surface area contributed by atoms with E-state index in [2.05, 4.69) is 0 Å². The maximum atomic E-state index is 11.7. The van der Waals surface area contributed by atoms with Gasteiger partial charge in [-0.15, -0.1) is 0 Å². The number of carbonyl (C=O) groups is 2. The van der Waals surface area contributed by atoms with Crippen LogP contribution >= 0.6 is 0 Å². The van der Waals surface area contributed by atoms with Crippen LogP contribution in [0.4, 0.5) is 5.69 Å². The fraction of sp³-hybridized carbons (Fsp3) is 0.375. The second-order valence-corrected chi connectivity index (χ2v) is 6.14. The van der Waals surface area contributed by atoms with Crippen LogP contribution < -0.4 is 9.47 Å². The van der Waals surface area contributed by atoms with Gasteiger partial charge in [0.15, 0.2) is 23.9 Å². The minimum absolute atomic E-state index is 0.0173. The molecule has 0 aromatic heterocycles. The Balaban J connectivity index is 2.10. The molecule has 1 aliphatic heterocycles. The Labute approximate surface area is 138 Å². The maximum absolute atomic E-state index is 11.7. The Morgan fingerprint density at radius 1 is 1.29 bits per heavy atom. The molecule has 8 heteroatoms. The molecule has 0 saturated heterocycles. The summed E-state index contributed by atoms with van der Waals surface area (Å²) in [4.78, 5) is 33.9. The van der Waals surface area contributed by atoms with E-state index in [9.17, 15) is 19.7 Å². The maximum Gasteiger partial charge on any atom is 0.331 e. The van der Waals surface area contributed by atoms with Crippen LogP contribution in [0, 0.1) is 15.5 Å². The summed E-state index contributed by atoms with van der Waals surface area (Å²) in [6.07, 6.45) is 2.27. The van der Waals surface area contributed by atoms with Gasteiger partial charge in [0.2, 0.25) is 6.79 Å². The lowest BCUT2D eigenvalue weighted by molar-refractivity contribution is -0.385. The third-order valence-corrected chi connectivity index (χ3v) is 3.30. The summed E-state index contributed by atoms with van der Waals surface area (Å²) in [6, 6.07) is 2.64. The van der Waals surface area contributed by atoms with Crippen molar-refractivity contribution in [3.8, 4) is 11.5 Å².